The molecule has 26 heavy (non-hydrogen) atoms. The Morgan fingerprint density at radius 2 is 1.81 bits per heavy atom. The molecule has 0 aliphatic rings. The first kappa shape index (κ1) is 17.9. The lowest BCUT2D eigenvalue weighted by atomic mass is 10.2. The summed E-state index contributed by atoms with van der Waals surface area (Å²) in [6.45, 7) is 0. The van der Waals surface area contributed by atoms with Crippen molar-refractivity contribution in [3.63, 3.8) is 0 Å². The van der Waals surface area contributed by atoms with Crippen molar-refractivity contribution in [2.24, 2.45) is 0 Å². The molecule has 0 spiro atoms. The van der Waals surface area contributed by atoms with Gasteiger partial charge in [-0.1, -0.05) is 18.2 Å². The third-order valence-corrected chi connectivity index (χ3v) is 4.57. The van der Waals surface area contributed by atoms with Gasteiger partial charge in [0.2, 0.25) is 0 Å². The Labute approximate surface area is 156 Å². The minimum atomic E-state index is -0.251. The fourth-order valence-electron chi connectivity index (χ4n) is 2.52. The maximum atomic E-state index is 12.8. The second-order valence-corrected chi connectivity index (χ2v) is 6.18. The van der Waals surface area contributed by atoms with Gasteiger partial charge in [-0.15, -0.1) is 11.8 Å². The molecule has 3 rings (SSSR count). The lowest BCUT2D eigenvalue weighted by Gasteiger charge is -2.12. The average Bonchev–Trinajstić information content (AvgIpc) is 3.10. The molecule has 0 radical (unpaired) electrons. The minimum Gasteiger partial charge on any atom is -0.493 e. The zero-order valence-corrected chi connectivity index (χ0v) is 15.5. The van der Waals surface area contributed by atoms with Crippen LogP contribution in [0.4, 0.5) is 5.82 Å². The first-order valence-electron chi connectivity index (χ1n) is 7.88. The predicted octanol–water partition coefficient (Wildman–Crippen LogP) is 3.86. The van der Waals surface area contributed by atoms with Gasteiger partial charge in [-0.25, -0.2) is 4.68 Å². The van der Waals surface area contributed by atoms with Crippen molar-refractivity contribution >= 4 is 23.5 Å². The van der Waals surface area contributed by atoms with E-state index >= 15 is 0 Å². The SMILES string of the molecule is COc1ccc(C(=O)Nc2c(SC)cnn2-c2ccccc2)cc1OC. The van der Waals surface area contributed by atoms with Crippen molar-refractivity contribution in [2.45, 2.75) is 4.90 Å². The molecule has 0 saturated heterocycles. The number of hydrogen-bond donors (Lipinski definition) is 1. The molecule has 0 unspecified atom stereocenters. The number of nitrogens with one attached hydrogen (secondary N) is 1. The number of anilines is 1. The first-order chi connectivity index (χ1) is 12.7. The van der Waals surface area contributed by atoms with Crippen LogP contribution < -0.4 is 14.8 Å². The molecule has 0 atom stereocenters. The van der Waals surface area contributed by atoms with E-state index in [2.05, 4.69) is 10.4 Å². The molecule has 0 aliphatic carbocycles. The van der Waals surface area contributed by atoms with E-state index in [-0.39, 0.29) is 5.91 Å². The molecule has 0 aliphatic heterocycles. The third-order valence-electron chi connectivity index (χ3n) is 3.83. The summed E-state index contributed by atoms with van der Waals surface area (Å²) in [4.78, 5) is 13.7. The summed E-state index contributed by atoms with van der Waals surface area (Å²) in [7, 11) is 3.09. The topological polar surface area (TPSA) is 65.4 Å². The molecule has 1 heterocycles. The zero-order chi connectivity index (χ0) is 18.5. The molecule has 0 bridgehead atoms. The first-order valence-corrected chi connectivity index (χ1v) is 9.11. The van der Waals surface area contributed by atoms with Gasteiger partial charge >= 0.3 is 0 Å². The Morgan fingerprint density at radius 3 is 2.46 bits per heavy atom. The van der Waals surface area contributed by atoms with Crippen LogP contribution in [-0.4, -0.2) is 36.2 Å². The molecule has 1 amide bonds. The second-order valence-electron chi connectivity index (χ2n) is 5.33. The molecular formula is C19H19N3O3S. The van der Waals surface area contributed by atoms with Crippen molar-refractivity contribution in [1.29, 1.82) is 0 Å². The summed E-state index contributed by atoms with van der Waals surface area (Å²) < 4.78 is 12.2. The molecule has 0 fully saturated rings. The molecule has 1 N–H and O–H groups in total. The maximum absolute atomic E-state index is 12.8. The summed E-state index contributed by atoms with van der Waals surface area (Å²) in [6, 6.07) is 14.7. The van der Waals surface area contributed by atoms with Crippen LogP contribution >= 0.6 is 11.8 Å². The highest BCUT2D eigenvalue weighted by Crippen LogP contribution is 2.30. The quantitative estimate of drug-likeness (QED) is 0.668. The largest absolute Gasteiger partial charge is 0.493 e. The fourth-order valence-corrected chi connectivity index (χ4v) is 3.00. The van der Waals surface area contributed by atoms with Gasteiger partial charge in [-0.3, -0.25) is 4.79 Å². The number of methoxy groups -OCH3 is 2. The van der Waals surface area contributed by atoms with Crippen LogP contribution in [0.2, 0.25) is 0 Å². The van der Waals surface area contributed by atoms with E-state index in [1.807, 2.05) is 36.6 Å². The van der Waals surface area contributed by atoms with Gasteiger partial charge in [-0.2, -0.15) is 5.10 Å². The van der Waals surface area contributed by atoms with Crippen LogP contribution in [0.25, 0.3) is 5.69 Å². The molecule has 6 nitrogen and oxygen atoms in total. The smallest absolute Gasteiger partial charge is 0.256 e. The van der Waals surface area contributed by atoms with E-state index in [0.29, 0.717) is 22.9 Å². The molecule has 1 aromatic heterocycles. The van der Waals surface area contributed by atoms with Crippen molar-refractivity contribution in [3.05, 3.63) is 60.3 Å². The molecular weight excluding hydrogens is 350 g/mol. The molecule has 7 heteroatoms. The monoisotopic (exact) mass is 369 g/mol. The number of ether oxygens (including phenoxy) is 2. The zero-order valence-electron chi connectivity index (χ0n) is 14.7. The minimum absolute atomic E-state index is 0.251. The Morgan fingerprint density at radius 1 is 1.08 bits per heavy atom. The summed E-state index contributed by atoms with van der Waals surface area (Å²) in [6.07, 6.45) is 3.68. The summed E-state index contributed by atoms with van der Waals surface area (Å²) >= 11 is 1.52. The van der Waals surface area contributed by atoms with E-state index < -0.39 is 0 Å². The van der Waals surface area contributed by atoms with Crippen LogP contribution in [0.3, 0.4) is 0 Å². The van der Waals surface area contributed by atoms with Gasteiger partial charge in [0.15, 0.2) is 11.5 Å². The van der Waals surface area contributed by atoms with Crippen molar-refractivity contribution < 1.29 is 14.3 Å². The number of hydrogen-bond acceptors (Lipinski definition) is 5. The number of thioether (sulfide) groups is 1. The Bertz CT molecular complexity index is 910. The normalized spacial score (nSPS) is 10.4. The molecule has 134 valence electrons. The van der Waals surface area contributed by atoms with E-state index in [1.165, 1.54) is 18.9 Å². The van der Waals surface area contributed by atoms with Gasteiger partial charge < -0.3 is 14.8 Å². The van der Waals surface area contributed by atoms with Gasteiger partial charge in [-0.05, 0) is 36.6 Å². The van der Waals surface area contributed by atoms with Gasteiger partial charge in [0.1, 0.15) is 5.82 Å². The number of aromatic nitrogens is 2. The van der Waals surface area contributed by atoms with E-state index in [1.54, 1.807) is 36.2 Å². The second kappa shape index (κ2) is 7.97. The standard InChI is InChI=1S/C19H19N3O3S/c1-24-15-10-9-13(11-16(15)25-2)19(23)21-18-17(26-3)12-20-22(18)14-7-5-4-6-8-14/h4-12H,1-3H3,(H,21,23). The molecule has 0 saturated carbocycles. The van der Waals surface area contributed by atoms with E-state index in [0.717, 1.165) is 10.6 Å². The summed E-state index contributed by atoms with van der Waals surface area (Å²) in [5.74, 6) is 1.45. The number of benzene rings is 2. The van der Waals surface area contributed by atoms with Gasteiger partial charge in [0, 0.05) is 5.56 Å². The third kappa shape index (κ3) is 3.52. The number of nitrogens with zero attached hydrogens (tertiary/aromatic N) is 2. The Kier molecular flexibility index (Phi) is 5.48. The lowest BCUT2D eigenvalue weighted by molar-refractivity contribution is 0.102. The van der Waals surface area contributed by atoms with Crippen LogP contribution in [0.15, 0.2) is 59.6 Å². The van der Waals surface area contributed by atoms with Crippen LogP contribution in [0.1, 0.15) is 10.4 Å². The molecule has 3 aromatic rings. The van der Waals surface area contributed by atoms with E-state index in [4.69, 9.17) is 9.47 Å². The Balaban J connectivity index is 1.94. The summed E-state index contributed by atoms with van der Waals surface area (Å²) in [5, 5.41) is 7.36. The number of carbonyl (C=O) groups is 1. The Hall–Kier alpha value is -2.93. The predicted molar refractivity (Wildman–Crippen MR) is 103 cm³/mol. The van der Waals surface area contributed by atoms with E-state index in [9.17, 15) is 4.79 Å². The number of para-hydroxylation sites is 1. The number of amides is 1. The van der Waals surface area contributed by atoms with Crippen LogP contribution in [-0.2, 0) is 0 Å². The molecule has 2 aromatic carbocycles. The van der Waals surface area contributed by atoms with Gasteiger partial charge in [0.05, 0.1) is 31.0 Å². The highest BCUT2D eigenvalue weighted by molar-refractivity contribution is 7.98. The lowest BCUT2D eigenvalue weighted by Crippen LogP contribution is -2.16. The number of carbonyl (C=O) groups excluding carboxylic acids is 1. The highest BCUT2D eigenvalue weighted by Gasteiger charge is 2.17. The van der Waals surface area contributed by atoms with Crippen molar-refractivity contribution in [2.75, 3.05) is 25.8 Å². The van der Waals surface area contributed by atoms with Crippen LogP contribution in [0, 0.1) is 0 Å². The highest BCUT2D eigenvalue weighted by atomic mass is 32.2. The summed E-state index contributed by atoms with van der Waals surface area (Å²) in [5.41, 5.74) is 1.34. The average molecular weight is 369 g/mol. The van der Waals surface area contributed by atoms with Crippen molar-refractivity contribution in [3.8, 4) is 17.2 Å². The number of rotatable bonds is 6. The van der Waals surface area contributed by atoms with Gasteiger partial charge in [0.25, 0.3) is 5.91 Å². The van der Waals surface area contributed by atoms with Crippen LogP contribution in [0.5, 0.6) is 11.5 Å². The fraction of sp³-hybridized carbons (Fsp3) is 0.158. The van der Waals surface area contributed by atoms with Crippen molar-refractivity contribution in [1.82, 2.24) is 9.78 Å². The maximum Gasteiger partial charge on any atom is 0.256 e.